The summed E-state index contributed by atoms with van der Waals surface area (Å²) in [4.78, 5) is 22.7. The molecular formula is C20H17FN4OS2. The number of carbonyl (C=O) groups is 1. The van der Waals surface area contributed by atoms with Crippen LogP contribution in [0.2, 0.25) is 0 Å². The molecule has 3 aromatic heterocycles. The summed E-state index contributed by atoms with van der Waals surface area (Å²) in [6, 6.07) is 9.64. The van der Waals surface area contributed by atoms with Crippen molar-refractivity contribution in [2.75, 3.05) is 0 Å². The summed E-state index contributed by atoms with van der Waals surface area (Å²) >= 11 is 3.14. The molecule has 0 saturated carbocycles. The molecule has 0 aliphatic heterocycles. The Morgan fingerprint density at radius 2 is 2.18 bits per heavy atom. The number of nitrogens with one attached hydrogen (secondary N) is 1. The van der Waals surface area contributed by atoms with Gasteiger partial charge < -0.3 is 9.88 Å². The quantitative estimate of drug-likeness (QED) is 0.517. The van der Waals surface area contributed by atoms with E-state index in [4.69, 9.17) is 0 Å². The van der Waals surface area contributed by atoms with Crippen LogP contribution in [-0.4, -0.2) is 20.4 Å². The number of hydrogen-bond acceptors (Lipinski definition) is 5. The van der Waals surface area contributed by atoms with Gasteiger partial charge in [0.25, 0.3) is 0 Å². The van der Waals surface area contributed by atoms with Gasteiger partial charge in [0.1, 0.15) is 22.7 Å². The van der Waals surface area contributed by atoms with Gasteiger partial charge in [-0.05, 0) is 29.1 Å². The molecule has 0 aliphatic carbocycles. The number of rotatable bonds is 6. The Hall–Kier alpha value is -2.84. The summed E-state index contributed by atoms with van der Waals surface area (Å²) in [5, 5.41) is 7.78. The van der Waals surface area contributed by atoms with Crippen LogP contribution in [0.15, 0.2) is 59.6 Å². The van der Waals surface area contributed by atoms with Gasteiger partial charge in [0, 0.05) is 24.8 Å². The molecule has 0 aliphatic rings. The third-order valence-corrected chi connectivity index (χ3v) is 6.16. The fourth-order valence-corrected chi connectivity index (χ4v) is 4.55. The maximum atomic E-state index is 13.7. The summed E-state index contributed by atoms with van der Waals surface area (Å²) in [5.41, 5.74) is 1.35. The van der Waals surface area contributed by atoms with E-state index >= 15 is 0 Å². The highest BCUT2D eigenvalue weighted by Crippen LogP contribution is 2.28. The van der Waals surface area contributed by atoms with Crippen LogP contribution < -0.4 is 5.32 Å². The second-order valence-electron chi connectivity index (χ2n) is 6.25. The molecule has 4 rings (SSSR count). The van der Waals surface area contributed by atoms with E-state index in [1.807, 2.05) is 34.5 Å². The highest BCUT2D eigenvalue weighted by atomic mass is 32.1. The molecule has 0 spiro atoms. The van der Waals surface area contributed by atoms with E-state index in [1.165, 1.54) is 23.5 Å². The van der Waals surface area contributed by atoms with E-state index < -0.39 is 6.04 Å². The van der Waals surface area contributed by atoms with Gasteiger partial charge in [-0.1, -0.05) is 18.2 Å². The smallest absolute Gasteiger partial charge is 0.226 e. The van der Waals surface area contributed by atoms with Crippen molar-refractivity contribution < 1.29 is 9.18 Å². The number of nitrogens with zero attached hydrogens (tertiary/aromatic N) is 3. The molecule has 8 heteroatoms. The Morgan fingerprint density at radius 3 is 2.89 bits per heavy atom. The van der Waals surface area contributed by atoms with Crippen molar-refractivity contribution in [3.8, 4) is 9.88 Å². The summed E-state index contributed by atoms with van der Waals surface area (Å²) in [6.45, 7) is 0. The van der Waals surface area contributed by atoms with Crippen LogP contribution in [0.3, 0.4) is 0 Å². The lowest BCUT2D eigenvalue weighted by Gasteiger charge is -2.19. The van der Waals surface area contributed by atoms with Crippen molar-refractivity contribution in [2.24, 2.45) is 7.05 Å². The van der Waals surface area contributed by atoms with Crippen LogP contribution >= 0.6 is 22.7 Å². The summed E-state index contributed by atoms with van der Waals surface area (Å²) in [7, 11) is 1.84. The molecule has 1 aromatic carbocycles. The monoisotopic (exact) mass is 412 g/mol. The van der Waals surface area contributed by atoms with Crippen LogP contribution in [-0.2, 0) is 18.3 Å². The van der Waals surface area contributed by atoms with Crippen molar-refractivity contribution in [3.63, 3.8) is 0 Å². The number of benzene rings is 1. The fourth-order valence-electron chi connectivity index (χ4n) is 2.92. The highest BCUT2D eigenvalue weighted by molar-refractivity contribution is 7.20. The SMILES string of the molecule is Cn1ccnc1C(NC(=O)Cc1csc(-c2cccs2)n1)c1cccc(F)c1. The van der Waals surface area contributed by atoms with Crippen molar-refractivity contribution in [3.05, 3.63) is 82.5 Å². The van der Waals surface area contributed by atoms with Gasteiger partial charge in [0.2, 0.25) is 5.91 Å². The van der Waals surface area contributed by atoms with Gasteiger partial charge in [-0.15, -0.1) is 22.7 Å². The first-order valence-electron chi connectivity index (χ1n) is 8.60. The van der Waals surface area contributed by atoms with E-state index in [2.05, 4.69) is 15.3 Å². The Bertz CT molecular complexity index is 1090. The lowest BCUT2D eigenvalue weighted by atomic mass is 10.1. The largest absolute Gasteiger partial charge is 0.342 e. The predicted octanol–water partition coefficient (Wildman–Crippen LogP) is 4.19. The minimum Gasteiger partial charge on any atom is -0.342 e. The van der Waals surface area contributed by atoms with Gasteiger partial charge in [-0.2, -0.15) is 0 Å². The van der Waals surface area contributed by atoms with Gasteiger partial charge in [0.15, 0.2) is 0 Å². The second-order valence-corrected chi connectivity index (χ2v) is 8.06. The lowest BCUT2D eigenvalue weighted by molar-refractivity contribution is -0.121. The number of aromatic nitrogens is 3. The Labute approximate surface area is 169 Å². The molecule has 142 valence electrons. The second kappa shape index (κ2) is 8.04. The van der Waals surface area contributed by atoms with Crippen molar-refractivity contribution >= 4 is 28.6 Å². The number of carbonyl (C=O) groups excluding carboxylic acids is 1. The van der Waals surface area contributed by atoms with Crippen LogP contribution in [0.5, 0.6) is 0 Å². The average Bonchev–Trinajstić information content (AvgIpc) is 3.41. The van der Waals surface area contributed by atoms with E-state index in [1.54, 1.807) is 35.9 Å². The summed E-state index contributed by atoms with van der Waals surface area (Å²) in [5.74, 6) is 0.0860. The maximum Gasteiger partial charge on any atom is 0.226 e. The first-order valence-corrected chi connectivity index (χ1v) is 10.4. The molecule has 5 nitrogen and oxygen atoms in total. The molecule has 0 bridgehead atoms. The van der Waals surface area contributed by atoms with Crippen LogP contribution in [0, 0.1) is 5.82 Å². The zero-order chi connectivity index (χ0) is 19.5. The molecule has 1 atom stereocenters. The van der Waals surface area contributed by atoms with E-state index in [9.17, 15) is 9.18 Å². The topological polar surface area (TPSA) is 59.8 Å². The average molecular weight is 413 g/mol. The molecule has 0 saturated heterocycles. The van der Waals surface area contributed by atoms with Gasteiger partial charge in [0.05, 0.1) is 17.0 Å². The Balaban J connectivity index is 1.54. The number of hydrogen-bond donors (Lipinski definition) is 1. The summed E-state index contributed by atoms with van der Waals surface area (Å²) in [6.07, 6.45) is 3.60. The standard InChI is InChI=1S/C20H17FN4OS2/c1-25-8-7-22-19(25)18(13-4-2-5-14(21)10-13)24-17(26)11-15-12-28-20(23-15)16-6-3-9-27-16/h2-10,12,18H,11H2,1H3,(H,24,26). The molecule has 4 aromatic rings. The lowest BCUT2D eigenvalue weighted by Crippen LogP contribution is -2.32. The predicted molar refractivity (Wildman–Crippen MR) is 109 cm³/mol. The van der Waals surface area contributed by atoms with Crippen LogP contribution in [0.25, 0.3) is 9.88 Å². The Kier molecular flexibility index (Phi) is 5.31. The molecule has 1 N–H and O–H groups in total. The molecule has 1 amide bonds. The molecule has 1 unspecified atom stereocenters. The Morgan fingerprint density at radius 1 is 1.29 bits per heavy atom. The zero-order valence-electron chi connectivity index (χ0n) is 15.0. The molecular weight excluding hydrogens is 395 g/mol. The molecule has 0 radical (unpaired) electrons. The zero-order valence-corrected chi connectivity index (χ0v) is 16.6. The minimum atomic E-state index is -0.543. The van der Waals surface area contributed by atoms with E-state index in [-0.39, 0.29) is 18.1 Å². The van der Waals surface area contributed by atoms with Gasteiger partial charge >= 0.3 is 0 Å². The third-order valence-electron chi connectivity index (χ3n) is 4.23. The number of aryl methyl sites for hydroxylation is 1. The van der Waals surface area contributed by atoms with E-state index in [0.29, 0.717) is 17.1 Å². The first kappa shape index (κ1) is 18.5. The first-order chi connectivity index (χ1) is 13.6. The van der Waals surface area contributed by atoms with Gasteiger partial charge in [-0.3, -0.25) is 4.79 Å². The van der Waals surface area contributed by atoms with Crippen molar-refractivity contribution in [2.45, 2.75) is 12.5 Å². The number of thiophene rings is 1. The number of imidazole rings is 1. The van der Waals surface area contributed by atoms with Crippen LogP contribution in [0.4, 0.5) is 4.39 Å². The van der Waals surface area contributed by atoms with Crippen molar-refractivity contribution in [1.29, 1.82) is 0 Å². The maximum absolute atomic E-state index is 13.7. The van der Waals surface area contributed by atoms with Crippen LogP contribution in [0.1, 0.15) is 23.1 Å². The summed E-state index contributed by atoms with van der Waals surface area (Å²) < 4.78 is 15.6. The van der Waals surface area contributed by atoms with Gasteiger partial charge in [-0.25, -0.2) is 14.4 Å². The van der Waals surface area contributed by atoms with E-state index in [0.717, 1.165) is 9.88 Å². The molecule has 0 fully saturated rings. The number of amides is 1. The molecule has 3 heterocycles. The normalized spacial score (nSPS) is 12.1. The minimum absolute atomic E-state index is 0.151. The highest BCUT2D eigenvalue weighted by Gasteiger charge is 2.22. The number of thiazole rings is 1. The van der Waals surface area contributed by atoms with Crippen molar-refractivity contribution in [1.82, 2.24) is 19.9 Å². The third kappa shape index (κ3) is 4.02. The fraction of sp³-hybridized carbons (Fsp3) is 0.150. The number of halogens is 1. The molecule has 28 heavy (non-hydrogen) atoms.